The minimum Gasteiger partial charge on any atom is -0.281 e. The third-order valence-electron chi connectivity index (χ3n) is 1.26. The zero-order valence-corrected chi connectivity index (χ0v) is 6.51. The summed E-state index contributed by atoms with van der Waals surface area (Å²) in [5.41, 5.74) is -0.668. The van der Waals surface area contributed by atoms with Gasteiger partial charge in [0.1, 0.15) is 0 Å². The summed E-state index contributed by atoms with van der Waals surface area (Å²) in [5, 5.41) is 0. The van der Waals surface area contributed by atoms with Crippen LogP contribution in [0, 0.1) is 36.3 Å². The molecule has 5 heteroatoms. The monoisotopic (exact) mass is 170 g/mol. The van der Waals surface area contributed by atoms with Gasteiger partial charge in [-0.1, -0.05) is 12.5 Å². The molecule has 0 spiro atoms. The number of halogens is 4. The largest absolute Gasteiger partial charge is 1.00 e. The third-order valence-corrected chi connectivity index (χ3v) is 1.26. The third kappa shape index (κ3) is 1.82. The van der Waals surface area contributed by atoms with Crippen molar-refractivity contribution in [1.82, 2.24) is 0 Å². The molecule has 0 aromatic heterocycles. The molecule has 0 fully saturated rings. The molecular formula is C7H3F4Li. The minimum absolute atomic E-state index is 0. The first-order valence-corrected chi connectivity index (χ1v) is 2.76. The van der Waals surface area contributed by atoms with Crippen LogP contribution in [0.4, 0.5) is 17.6 Å². The Morgan fingerprint density at radius 3 is 1.58 bits per heavy atom. The van der Waals surface area contributed by atoms with E-state index in [1.165, 1.54) is 6.07 Å². The van der Waals surface area contributed by atoms with Gasteiger partial charge < -0.3 is 0 Å². The topological polar surface area (TPSA) is 0 Å². The molecule has 0 aliphatic rings. The van der Waals surface area contributed by atoms with Crippen molar-refractivity contribution in [2.45, 2.75) is 6.92 Å². The molecule has 0 saturated carbocycles. The van der Waals surface area contributed by atoms with Gasteiger partial charge in [0.25, 0.3) is 0 Å². The van der Waals surface area contributed by atoms with Gasteiger partial charge in [-0.15, -0.1) is 6.07 Å². The average Bonchev–Trinajstić information content (AvgIpc) is 1.97. The van der Waals surface area contributed by atoms with Gasteiger partial charge in [0, 0.05) is 23.3 Å². The second-order valence-electron chi connectivity index (χ2n) is 2.01. The predicted octanol–water partition coefficient (Wildman–Crippen LogP) is -0.644. The van der Waals surface area contributed by atoms with Crippen LogP contribution in [0.25, 0.3) is 0 Å². The maximum absolute atomic E-state index is 12.4. The summed E-state index contributed by atoms with van der Waals surface area (Å²) in [6.07, 6.45) is 0. The number of hydrogen-bond acceptors (Lipinski definition) is 0. The van der Waals surface area contributed by atoms with Crippen LogP contribution in [0.1, 0.15) is 5.56 Å². The second kappa shape index (κ2) is 3.97. The fraction of sp³-hybridized carbons (Fsp3) is 0.143. The Morgan fingerprint density at radius 1 is 0.917 bits per heavy atom. The molecule has 0 aliphatic heterocycles. The van der Waals surface area contributed by atoms with Crippen molar-refractivity contribution in [3.05, 3.63) is 34.9 Å². The van der Waals surface area contributed by atoms with Gasteiger partial charge >= 0.3 is 18.9 Å². The first kappa shape index (κ1) is 11.5. The summed E-state index contributed by atoms with van der Waals surface area (Å²) in [6, 6.07) is 1.26. The molecule has 0 unspecified atom stereocenters. The standard InChI is InChI=1S/C7H3F4.Li/c1-3-6(10)4(8)2-5(9)7(3)11;/h1H3;/q-1;+1. The molecule has 0 saturated heterocycles. The van der Waals surface area contributed by atoms with Crippen LogP contribution in [0.3, 0.4) is 0 Å². The van der Waals surface area contributed by atoms with Crippen molar-refractivity contribution < 1.29 is 36.4 Å². The minimum atomic E-state index is -1.50. The smallest absolute Gasteiger partial charge is 0.281 e. The van der Waals surface area contributed by atoms with Gasteiger partial charge in [-0.3, -0.25) is 8.78 Å². The van der Waals surface area contributed by atoms with E-state index in [0.29, 0.717) is 0 Å². The van der Waals surface area contributed by atoms with Crippen molar-refractivity contribution in [2.24, 2.45) is 0 Å². The van der Waals surface area contributed by atoms with Crippen molar-refractivity contribution in [1.29, 1.82) is 0 Å². The Morgan fingerprint density at radius 2 is 1.25 bits per heavy atom. The summed E-state index contributed by atoms with van der Waals surface area (Å²) < 4.78 is 49.1. The van der Waals surface area contributed by atoms with E-state index >= 15 is 0 Å². The molecule has 1 aromatic carbocycles. The van der Waals surface area contributed by atoms with Gasteiger partial charge in [-0.2, -0.15) is 0 Å². The van der Waals surface area contributed by atoms with Gasteiger partial charge in [0.05, 0.1) is 0 Å². The van der Waals surface area contributed by atoms with E-state index in [0.717, 1.165) is 6.92 Å². The molecule has 0 atom stereocenters. The van der Waals surface area contributed by atoms with Crippen molar-refractivity contribution in [2.75, 3.05) is 0 Å². The summed E-state index contributed by atoms with van der Waals surface area (Å²) in [6.45, 7) is 0.949. The Labute approximate surface area is 78.8 Å². The first-order valence-electron chi connectivity index (χ1n) is 2.76. The Hall–Kier alpha value is -0.463. The van der Waals surface area contributed by atoms with Gasteiger partial charge in [-0.05, 0) is 0 Å². The maximum atomic E-state index is 12.4. The molecule has 0 heterocycles. The molecular weight excluding hydrogens is 167 g/mol. The Balaban J connectivity index is 0.00000121. The average molecular weight is 170 g/mol. The molecule has 60 valence electrons. The summed E-state index contributed by atoms with van der Waals surface area (Å²) in [4.78, 5) is 0. The Kier molecular flexibility index (Phi) is 3.82. The van der Waals surface area contributed by atoms with E-state index in [1.807, 2.05) is 0 Å². The van der Waals surface area contributed by atoms with Crippen LogP contribution in [0.15, 0.2) is 0 Å². The van der Waals surface area contributed by atoms with Crippen LogP contribution < -0.4 is 18.9 Å². The van der Waals surface area contributed by atoms with Crippen molar-refractivity contribution >= 4 is 0 Å². The molecule has 0 radical (unpaired) electrons. The molecule has 1 aromatic rings. The number of rotatable bonds is 0. The van der Waals surface area contributed by atoms with Gasteiger partial charge in [0.2, 0.25) is 0 Å². The second-order valence-corrected chi connectivity index (χ2v) is 2.01. The van der Waals surface area contributed by atoms with Gasteiger partial charge in [0.15, 0.2) is 0 Å². The maximum Gasteiger partial charge on any atom is 1.00 e. The molecule has 0 amide bonds. The normalized spacial score (nSPS) is 9.42. The van der Waals surface area contributed by atoms with E-state index < -0.39 is 28.8 Å². The van der Waals surface area contributed by atoms with E-state index in [1.54, 1.807) is 0 Å². The van der Waals surface area contributed by atoms with Crippen molar-refractivity contribution in [3.8, 4) is 0 Å². The summed E-state index contributed by atoms with van der Waals surface area (Å²) in [5.74, 6) is -5.80. The van der Waals surface area contributed by atoms with E-state index in [9.17, 15) is 17.6 Å². The fourth-order valence-corrected chi connectivity index (χ4v) is 0.632. The predicted molar refractivity (Wildman–Crippen MR) is 29.8 cm³/mol. The Bertz CT molecular complexity index is 272. The van der Waals surface area contributed by atoms with E-state index in [4.69, 9.17) is 0 Å². The summed E-state index contributed by atoms with van der Waals surface area (Å²) in [7, 11) is 0. The quantitative estimate of drug-likeness (QED) is 0.210. The SMILES string of the molecule is Cc1c(F)c(F)[c-]c(F)c1F.[Li+]. The van der Waals surface area contributed by atoms with Crippen LogP contribution in [0.5, 0.6) is 0 Å². The van der Waals surface area contributed by atoms with Gasteiger partial charge in [-0.25, -0.2) is 8.78 Å². The zero-order valence-electron chi connectivity index (χ0n) is 6.51. The molecule has 0 nitrogen and oxygen atoms in total. The first-order chi connectivity index (χ1) is 5.04. The zero-order chi connectivity index (χ0) is 8.59. The summed E-state index contributed by atoms with van der Waals surface area (Å²) >= 11 is 0. The van der Waals surface area contributed by atoms with Crippen LogP contribution in [0.2, 0.25) is 0 Å². The molecule has 0 aliphatic carbocycles. The van der Waals surface area contributed by atoms with Crippen LogP contribution >= 0.6 is 0 Å². The number of hydrogen-bond donors (Lipinski definition) is 0. The molecule has 1 rings (SSSR count). The van der Waals surface area contributed by atoms with Crippen molar-refractivity contribution in [3.63, 3.8) is 0 Å². The molecule has 0 N–H and O–H groups in total. The van der Waals surface area contributed by atoms with E-state index in [2.05, 4.69) is 0 Å². The fourth-order valence-electron chi connectivity index (χ4n) is 0.632. The van der Waals surface area contributed by atoms with Crippen LogP contribution in [-0.2, 0) is 0 Å². The molecule has 12 heavy (non-hydrogen) atoms. The molecule has 0 bridgehead atoms. The van der Waals surface area contributed by atoms with Crippen LogP contribution in [-0.4, -0.2) is 0 Å². The number of benzene rings is 1. The van der Waals surface area contributed by atoms with E-state index in [-0.39, 0.29) is 18.9 Å².